The van der Waals surface area contributed by atoms with E-state index in [1.807, 2.05) is 44.2 Å². The molecular formula is C35H39N3O4. The summed E-state index contributed by atoms with van der Waals surface area (Å²) >= 11 is 0. The summed E-state index contributed by atoms with van der Waals surface area (Å²) in [5.41, 5.74) is 5.18. The molecule has 2 aromatic heterocycles. The Morgan fingerprint density at radius 2 is 1.64 bits per heavy atom. The van der Waals surface area contributed by atoms with Gasteiger partial charge in [-0.15, -0.1) is 0 Å². The number of aryl methyl sites for hydroxylation is 1. The number of rotatable bonds is 10. The standard InChI is InChI=1S/C35H39N3O4/c1-4-40-34(39)35(21-22-35)29-19-17-27(18-20-29)26-13-15-28(16-14-26)33-32(23(2)38-42-33)37-30-11-8-12-31(36-30)41-24(3)25-9-6-5-7-10-25/h8,11-20,24-25H,4-7,9-10,21-22H2,1-3H3,(H,36,37). The van der Waals surface area contributed by atoms with Crippen molar-refractivity contribution in [1.82, 2.24) is 10.1 Å². The van der Waals surface area contributed by atoms with E-state index < -0.39 is 5.41 Å². The number of pyridine rings is 1. The van der Waals surface area contributed by atoms with Crippen LogP contribution < -0.4 is 10.1 Å². The summed E-state index contributed by atoms with van der Waals surface area (Å²) in [4.78, 5) is 17.2. The highest BCUT2D eigenvalue weighted by atomic mass is 16.5. The van der Waals surface area contributed by atoms with Crippen LogP contribution in [0.4, 0.5) is 11.5 Å². The Morgan fingerprint density at radius 3 is 2.31 bits per heavy atom. The average Bonchev–Trinajstić information content (AvgIpc) is 3.77. The predicted molar refractivity (Wildman–Crippen MR) is 164 cm³/mol. The summed E-state index contributed by atoms with van der Waals surface area (Å²) in [6.07, 6.45) is 8.19. The third-order valence-electron chi connectivity index (χ3n) is 8.79. The molecule has 0 aliphatic heterocycles. The number of hydrogen-bond acceptors (Lipinski definition) is 7. The Kier molecular flexibility index (Phi) is 8.00. The van der Waals surface area contributed by atoms with Crippen LogP contribution in [0.3, 0.4) is 0 Å². The van der Waals surface area contributed by atoms with Crippen molar-refractivity contribution in [3.63, 3.8) is 0 Å². The van der Waals surface area contributed by atoms with E-state index >= 15 is 0 Å². The molecule has 42 heavy (non-hydrogen) atoms. The van der Waals surface area contributed by atoms with Gasteiger partial charge in [0.15, 0.2) is 5.76 Å². The molecule has 2 saturated carbocycles. The lowest BCUT2D eigenvalue weighted by atomic mass is 9.86. The van der Waals surface area contributed by atoms with Gasteiger partial charge in [0, 0.05) is 11.6 Å². The summed E-state index contributed by atoms with van der Waals surface area (Å²) < 4.78 is 17.3. The minimum Gasteiger partial charge on any atom is -0.474 e. The number of hydrogen-bond donors (Lipinski definition) is 1. The van der Waals surface area contributed by atoms with Crippen LogP contribution in [-0.4, -0.2) is 28.8 Å². The molecule has 0 spiro atoms. The van der Waals surface area contributed by atoms with Gasteiger partial charge in [-0.1, -0.05) is 79.0 Å². The first-order chi connectivity index (χ1) is 20.5. The molecule has 6 rings (SSSR count). The van der Waals surface area contributed by atoms with E-state index in [0.717, 1.165) is 46.5 Å². The van der Waals surface area contributed by atoms with Crippen LogP contribution in [0, 0.1) is 12.8 Å². The molecule has 1 atom stereocenters. The minimum atomic E-state index is -0.458. The topological polar surface area (TPSA) is 86.5 Å². The largest absolute Gasteiger partial charge is 0.474 e. The van der Waals surface area contributed by atoms with Gasteiger partial charge in [0.25, 0.3) is 0 Å². The Bertz CT molecular complexity index is 1520. The fraction of sp³-hybridized carbons (Fsp3) is 0.400. The number of nitrogens with zero attached hydrogens (tertiary/aromatic N) is 2. The Hall–Kier alpha value is -4.13. The third-order valence-corrected chi connectivity index (χ3v) is 8.79. The van der Waals surface area contributed by atoms with Gasteiger partial charge in [0.1, 0.15) is 23.3 Å². The van der Waals surface area contributed by atoms with Crippen molar-refractivity contribution in [1.29, 1.82) is 0 Å². The summed E-state index contributed by atoms with van der Waals surface area (Å²) in [6, 6.07) is 22.3. The number of ether oxygens (including phenoxy) is 2. The van der Waals surface area contributed by atoms with E-state index in [1.54, 1.807) is 0 Å². The van der Waals surface area contributed by atoms with Crippen molar-refractivity contribution < 1.29 is 18.8 Å². The quantitative estimate of drug-likeness (QED) is 0.193. The second-order valence-corrected chi connectivity index (χ2v) is 11.6. The van der Waals surface area contributed by atoms with Gasteiger partial charge in [0.05, 0.1) is 12.0 Å². The molecule has 7 heteroatoms. The van der Waals surface area contributed by atoms with E-state index in [0.29, 0.717) is 30.0 Å². The van der Waals surface area contributed by atoms with Gasteiger partial charge < -0.3 is 19.3 Å². The zero-order valence-corrected chi connectivity index (χ0v) is 24.7. The van der Waals surface area contributed by atoms with E-state index in [1.165, 1.54) is 32.1 Å². The number of carbonyl (C=O) groups excluding carboxylic acids is 1. The maximum atomic E-state index is 12.5. The van der Waals surface area contributed by atoms with E-state index in [9.17, 15) is 4.79 Å². The van der Waals surface area contributed by atoms with Gasteiger partial charge in [-0.3, -0.25) is 4.79 Å². The Balaban J connectivity index is 1.15. The van der Waals surface area contributed by atoms with Crippen molar-refractivity contribution in [3.8, 4) is 28.3 Å². The molecule has 0 amide bonds. The molecule has 2 aromatic carbocycles. The van der Waals surface area contributed by atoms with Crippen LogP contribution in [0.2, 0.25) is 0 Å². The van der Waals surface area contributed by atoms with Crippen molar-refractivity contribution in [2.24, 2.45) is 5.92 Å². The number of anilines is 2. The molecule has 4 aromatic rings. The van der Waals surface area contributed by atoms with Crippen LogP contribution in [0.5, 0.6) is 5.88 Å². The van der Waals surface area contributed by atoms with Gasteiger partial charge in [-0.25, -0.2) is 0 Å². The smallest absolute Gasteiger partial charge is 0.316 e. The number of aromatic nitrogens is 2. The first kappa shape index (κ1) is 28.0. The number of esters is 1. The van der Waals surface area contributed by atoms with Crippen LogP contribution in [0.15, 0.2) is 71.3 Å². The molecule has 2 fully saturated rings. The van der Waals surface area contributed by atoms with Gasteiger partial charge in [0.2, 0.25) is 5.88 Å². The highest BCUT2D eigenvalue weighted by molar-refractivity contribution is 5.87. The number of carbonyl (C=O) groups is 1. The molecule has 0 saturated heterocycles. The van der Waals surface area contributed by atoms with Crippen LogP contribution in [-0.2, 0) is 14.9 Å². The predicted octanol–water partition coefficient (Wildman–Crippen LogP) is 8.40. The fourth-order valence-corrected chi connectivity index (χ4v) is 6.08. The van der Waals surface area contributed by atoms with E-state index in [4.69, 9.17) is 19.0 Å². The maximum Gasteiger partial charge on any atom is 0.316 e. The summed E-state index contributed by atoms with van der Waals surface area (Å²) in [5.74, 6) is 2.44. The molecule has 2 aliphatic carbocycles. The number of nitrogens with one attached hydrogen (secondary N) is 1. The van der Waals surface area contributed by atoms with Crippen LogP contribution in [0.25, 0.3) is 22.5 Å². The number of benzene rings is 2. The lowest BCUT2D eigenvalue weighted by Gasteiger charge is -2.27. The van der Waals surface area contributed by atoms with Gasteiger partial charge in [-0.2, -0.15) is 4.98 Å². The lowest BCUT2D eigenvalue weighted by molar-refractivity contribution is -0.146. The average molecular weight is 566 g/mol. The van der Waals surface area contributed by atoms with E-state index in [-0.39, 0.29) is 12.1 Å². The second kappa shape index (κ2) is 12.0. The SMILES string of the molecule is CCOC(=O)C1(c2ccc(-c3ccc(-c4onc(C)c4Nc4cccc(OC(C)C5CCCCC5)n4)cc3)cc2)CC1. The molecule has 0 radical (unpaired) electrons. The summed E-state index contributed by atoms with van der Waals surface area (Å²) in [6.45, 7) is 6.33. The zero-order valence-electron chi connectivity index (χ0n) is 24.7. The lowest BCUT2D eigenvalue weighted by Crippen LogP contribution is -2.26. The Labute approximate surface area is 247 Å². The van der Waals surface area contributed by atoms with Crippen LogP contribution >= 0.6 is 0 Å². The first-order valence-corrected chi connectivity index (χ1v) is 15.2. The molecule has 1 unspecified atom stereocenters. The fourth-order valence-electron chi connectivity index (χ4n) is 6.08. The third kappa shape index (κ3) is 5.78. The minimum absolute atomic E-state index is 0.114. The molecular weight excluding hydrogens is 526 g/mol. The second-order valence-electron chi connectivity index (χ2n) is 11.6. The molecule has 218 valence electrons. The normalized spacial score (nSPS) is 16.9. The van der Waals surface area contributed by atoms with Crippen molar-refractivity contribution >= 4 is 17.5 Å². The van der Waals surface area contributed by atoms with Crippen molar-refractivity contribution in [2.75, 3.05) is 11.9 Å². The first-order valence-electron chi connectivity index (χ1n) is 15.2. The maximum absolute atomic E-state index is 12.5. The molecule has 7 nitrogen and oxygen atoms in total. The highest BCUT2D eigenvalue weighted by Gasteiger charge is 2.52. The summed E-state index contributed by atoms with van der Waals surface area (Å²) in [5, 5.41) is 7.65. The monoisotopic (exact) mass is 565 g/mol. The highest BCUT2D eigenvalue weighted by Crippen LogP contribution is 2.49. The molecule has 2 heterocycles. The van der Waals surface area contributed by atoms with Gasteiger partial charge >= 0.3 is 5.97 Å². The van der Waals surface area contributed by atoms with E-state index in [2.05, 4.69) is 53.8 Å². The van der Waals surface area contributed by atoms with Crippen molar-refractivity contribution in [3.05, 3.63) is 78.0 Å². The van der Waals surface area contributed by atoms with Crippen molar-refractivity contribution in [2.45, 2.75) is 77.2 Å². The summed E-state index contributed by atoms with van der Waals surface area (Å²) in [7, 11) is 0. The van der Waals surface area contributed by atoms with Gasteiger partial charge in [-0.05, 0) is 75.1 Å². The molecule has 2 aliphatic rings. The molecule has 1 N–H and O–H groups in total. The molecule has 0 bridgehead atoms. The zero-order chi connectivity index (χ0) is 29.1. The van der Waals surface area contributed by atoms with Crippen LogP contribution in [0.1, 0.15) is 70.1 Å². The Morgan fingerprint density at radius 1 is 0.976 bits per heavy atom.